The fraction of sp³-hybridized carbons (Fsp3) is 0.111. The van der Waals surface area contributed by atoms with E-state index in [1.54, 1.807) is 0 Å². The largest absolute Gasteiger partial charge is 0.324 e. The number of hydrogen-bond acceptors (Lipinski definition) is 3. The Morgan fingerprint density at radius 1 is 1.33 bits per heavy atom. The van der Waals surface area contributed by atoms with Crippen molar-refractivity contribution in [2.75, 3.05) is 0 Å². The monoisotopic (exact) mass is 210 g/mol. The average Bonchev–Trinajstić information content (AvgIpc) is 2.70. The molecule has 1 heterocycles. The second-order valence-electron chi connectivity index (χ2n) is 2.93. The first-order valence-corrected chi connectivity index (χ1v) is 4.27. The maximum absolute atomic E-state index is 13.3. The molecule has 1 aromatic heterocycles. The highest BCUT2D eigenvalue weighted by molar-refractivity contribution is 5.55. The molecule has 0 amide bonds. The highest BCUT2D eigenvalue weighted by atomic mass is 19.1. The van der Waals surface area contributed by atoms with Crippen LogP contribution < -0.4 is 5.73 Å². The van der Waals surface area contributed by atoms with Crippen LogP contribution in [0.2, 0.25) is 0 Å². The second-order valence-corrected chi connectivity index (χ2v) is 2.93. The third-order valence-electron chi connectivity index (χ3n) is 1.89. The topological polar surface area (TPSA) is 67.6 Å². The van der Waals surface area contributed by atoms with E-state index in [0.717, 1.165) is 18.2 Å². The highest BCUT2D eigenvalue weighted by Gasteiger charge is 2.11. The fourth-order valence-corrected chi connectivity index (χ4v) is 1.18. The first-order chi connectivity index (χ1) is 7.20. The van der Waals surface area contributed by atoms with Crippen LogP contribution in [-0.4, -0.2) is 15.2 Å². The molecule has 0 unspecified atom stereocenters. The molecular formula is C9H8F2N4. The third kappa shape index (κ3) is 1.84. The summed E-state index contributed by atoms with van der Waals surface area (Å²) >= 11 is 0. The van der Waals surface area contributed by atoms with E-state index < -0.39 is 11.6 Å². The van der Waals surface area contributed by atoms with E-state index in [0.29, 0.717) is 5.82 Å². The van der Waals surface area contributed by atoms with Crippen LogP contribution in [0.3, 0.4) is 0 Å². The van der Waals surface area contributed by atoms with Crippen molar-refractivity contribution in [2.45, 2.75) is 6.54 Å². The first kappa shape index (κ1) is 9.72. The van der Waals surface area contributed by atoms with Gasteiger partial charge in [0.05, 0.1) is 12.1 Å². The Bertz CT molecular complexity index is 481. The third-order valence-corrected chi connectivity index (χ3v) is 1.89. The molecule has 0 atom stereocenters. The van der Waals surface area contributed by atoms with Crippen LogP contribution in [-0.2, 0) is 6.54 Å². The van der Waals surface area contributed by atoms with Crippen molar-refractivity contribution in [3.63, 3.8) is 0 Å². The lowest BCUT2D eigenvalue weighted by Crippen LogP contribution is -1.98. The molecule has 2 rings (SSSR count). The second kappa shape index (κ2) is 3.74. The Morgan fingerprint density at radius 2 is 2.13 bits per heavy atom. The Hall–Kier alpha value is -1.82. The summed E-state index contributed by atoms with van der Waals surface area (Å²) in [4.78, 5) is 3.90. The zero-order valence-electron chi connectivity index (χ0n) is 7.67. The number of aromatic amines is 1. The van der Waals surface area contributed by atoms with E-state index in [1.807, 2.05) is 0 Å². The molecule has 2 aromatic rings. The van der Waals surface area contributed by atoms with Crippen LogP contribution in [0.15, 0.2) is 18.2 Å². The van der Waals surface area contributed by atoms with Gasteiger partial charge in [0.2, 0.25) is 0 Å². The van der Waals surface area contributed by atoms with E-state index in [-0.39, 0.29) is 17.9 Å². The summed E-state index contributed by atoms with van der Waals surface area (Å²) in [6.07, 6.45) is 0. The van der Waals surface area contributed by atoms with Crippen LogP contribution in [0.1, 0.15) is 5.82 Å². The Balaban J connectivity index is 2.48. The van der Waals surface area contributed by atoms with Crippen LogP contribution in [0.5, 0.6) is 0 Å². The van der Waals surface area contributed by atoms with Gasteiger partial charge in [-0.1, -0.05) is 0 Å². The Kier molecular flexibility index (Phi) is 2.42. The molecule has 0 aliphatic carbocycles. The zero-order chi connectivity index (χ0) is 10.8. The number of H-pyrrole nitrogens is 1. The van der Waals surface area contributed by atoms with Gasteiger partial charge in [0, 0.05) is 0 Å². The minimum absolute atomic E-state index is 0.0194. The van der Waals surface area contributed by atoms with Gasteiger partial charge in [-0.25, -0.2) is 13.8 Å². The van der Waals surface area contributed by atoms with Gasteiger partial charge in [-0.05, 0) is 18.2 Å². The van der Waals surface area contributed by atoms with E-state index in [1.165, 1.54) is 0 Å². The number of aromatic nitrogens is 3. The van der Waals surface area contributed by atoms with Crippen molar-refractivity contribution in [2.24, 2.45) is 5.73 Å². The smallest absolute Gasteiger partial charge is 0.184 e. The highest BCUT2D eigenvalue weighted by Crippen LogP contribution is 2.19. The molecule has 3 N–H and O–H groups in total. The van der Waals surface area contributed by atoms with Gasteiger partial charge < -0.3 is 5.73 Å². The van der Waals surface area contributed by atoms with Crippen molar-refractivity contribution in [3.8, 4) is 11.4 Å². The number of rotatable bonds is 2. The zero-order valence-corrected chi connectivity index (χ0v) is 7.67. The molecule has 0 fully saturated rings. The summed E-state index contributed by atoms with van der Waals surface area (Å²) in [5, 5.41) is 6.26. The average molecular weight is 210 g/mol. The summed E-state index contributed by atoms with van der Waals surface area (Å²) in [7, 11) is 0. The normalized spacial score (nSPS) is 10.6. The lowest BCUT2D eigenvalue weighted by atomic mass is 10.2. The quantitative estimate of drug-likeness (QED) is 0.782. The molecular weight excluding hydrogens is 202 g/mol. The molecule has 0 saturated heterocycles. The van der Waals surface area contributed by atoms with Crippen molar-refractivity contribution in [3.05, 3.63) is 35.7 Å². The SMILES string of the molecule is NCc1nc(-c2cc(F)ccc2F)n[nH]1. The number of hydrogen-bond donors (Lipinski definition) is 2. The predicted octanol–water partition coefficient (Wildman–Crippen LogP) is 1.21. The van der Waals surface area contributed by atoms with Gasteiger partial charge >= 0.3 is 0 Å². The minimum Gasteiger partial charge on any atom is -0.324 e. The molecule has 0 aliphatic rings. The molecule has 78 valence electrons. The van der Waals surface area contributed by atoms with Gasteiger partial charge in [-0.2, -0.15) is 5.10 Å². The van der Waals surface area contributed by atoms with Gasteiger partial charge in [0.25, 0.3) is 0 Å². The number of nitrogens with one attached hydrogen (secondary N) is 1. The van der Waals surface area contributed by atoms with Gasteiger partial charge in [0.15, 0.2) is 5.82 Å². The van der Waals surface area contributed by atoms with Crippen molar-refractivity contribution in [1.29, 1.82) is 0 Å². The van der Waals surface area contributed by atoms with E-state index >= 15 is 0 Å². The maximum Gasteiger partial charge on any atom is 0.184 e. The number of nitrogens with zero attached hydrogens (tertiary/aromatic N) is 2. The van der Waals surface area contributed by atoms with Gasteiger partial charge in [-0.15, -0.1) is 0 Å². The van der Waals surface area contributed by atoms with E-state index in [4.69, 9.17) is 5.73 Å². The molecule has 1 aromatic carbocycles. The van der Waals surface area contributed by atoms with Crippen molar-refractivity contribution in [1.82, 2.24) is 15.2 Å². The van der Waals surface area contributed by atoms with E-state index in [9.17, 15) is 8.78 Å². The fourth-order valence-electron chi connectivity index (χ4n) is 1.18. The van der Waals surface area contributed by atoms with Crippen molar-refractivity contribution < 1.29 is 8.78 Å². The molecule has 0 saturated carbocycles. The molecule has 4 nitrogen and oxygen atoms in total. The summed E-state index contributed by atoms with van der Waals surface area (Å²) in [6, 6.07) is 3.11. The number of benzene rings is 1. The maximum atomic E-state index is 13.3. The van der Waals surface area contributed by atoms with E-state index in [2.05, 4.69) is 15.2 Å². The molecule has 6 heteroatoms. The van der Waals surface area contributed by atoms with Gasteiger partial charge in [-0.3, -0.25) is 5.10 Å². The van der Waals surface area contributed by atoms with Crippen LogP contribution in [0.25, 0.3) is 11.4 Å². The number of nitrogens with two attached hydrogens (primary N) is 1. The summed E-state index contributed by atoms with van der Waals surface area (Å²) in [6.45, 7) is 0.171. The molecule has 0 bridgehead atoms. The van der Waals surface area contributed by atoms with Crippen LogP contribution in [0.4, 0.5) is 8.78 Å². The number of halogens is 2. The standard InChI is InChI=1S/C9H8F2N4/c10-5-1-2-7(11)6(3-5)9-13-8(4-12)14-15-9/h1-3H,4,12H2,(H,13,14,15). The molecule has 0 spiro atoms. The van der Waals surface area contributed by atoms with Crippen molar-refractivity contribution >= 4 is 0 Å². The lowest BCUT2D eigenvalue weighted by molar-refractivity contribution is 0.602. The van der Waals surface area contributed by atoms with Gasteiger partial charge in [0.1, 0.15) is 17.5 Å². The first-order valence-electron chi connectivity index (χ1n) is 4.27. The predicted molar refractivity (Wildman–Crippen MR) is 49.6 cm³/mol. The van der Waals surface area contributed by atoms with Crippen LogP contribution >= 0.6 is 0 Å². The summed E-state index contributed by atoms with van der Waals surface area (Å²) in [5.41, 5.74) is 5.33. The molecule has 0 radical (unpaired) electrons. The Morgan fingerprint density at radius 3 is 2.80 bits per heavy atom. The summed E-state index contributed by atoms with van der Waals surface area (Å²) < 4.78 is 26.1. The Labute approximate surface area is 84.1 Å². The molecule has 15 heavy (non-hydrogen) atoms. The van der Waals surface area contributed by atoms with Crippen LogP contribution in [0, 0.1) is 11.6 Å². The summed E-state index contributed by atoms with van der Waals surface area (Å²) in [5.74, 6) is -0.578. The minimum atomic E-state index is -0.570. The molecule has 0 aliphatic heterocycles. The lowest BCUT2D eigenvalue weighted by Gasteiger charge is -1.97.